The molecule has 1 aromatic rings. The highest BCUT2D eigenvalue weighted by atomic mass is 16.5. The minimum absolute atomic E-state index is 0.661. The Hall–Kier alpha value is -1.06. The van der Waals surface area contributed by atoms with Gasteiger partial charge in [0.25, 0.3) is 0 Å². The molecule has 0 amide bonds. The highest BCUT2D eigenvalue weighted by molar-refractivity contribution is 5.36. The third-order valence-corrected chi connectivity index (χ3v) is 3.13. The van der Waals surface area contributed by atoms with E-state index in [0.717, 1.165) is 38.3 Å². The Morgan fingerprint density at radius 2 is 2.05 bits per heavy atom. The van der Waals surface area contributed by atoms with Gasteiger partial charge < -0.3 is 10.5 Å². The third kappa shape index (κ3) is 5.62. The van der Waals surface area contributed by atoms with Crippen molar-refractivity contribution < 1.29 is 4.74 Å². The lowest BCUT2D eigenvalue weighted by Crippen LogP contribution is -2.29. The van der Waals surface area contributed by atoms with Gasteiger partial charge in [0.1, 0.15) is 5.75 Å². The standard InChI is InChI=1S/C16H28N2O/c1-13(2)11-18(9-5-8-17)12-15-10-14(3)6-7-16(15)19-4/h6-7,10,13H,5,8-9,11-12,17H2,1-4H3. The molecule has 0 saturated carbocycles. The number of ether oxygens (including phenoxy) is 1. The van der Waals surface area contributed by atoms with Gasteiger partial charge in [-0.1, -0.05) is 31.5 Å². The Kier molecular flexibility index (Phi) is 6.89. The zero-order valence-electron chi connectivity index (χ0n) is 12.8. The molecule has 1 rings (SSSR count). The number of hydrogen-bond donors (Lipinski definition) is 1. The molecule has 3 nitrogen and oxygen atoms in total. The molecule has 0 aliphatic rings. The summed E-state index contributed by atoms with van der Waals surface area (Å²) < 4.78 is 5.46. The number of rotatable bonds is 8. The monoisotopic (exact) mass is 264 g/mol. The zero-order valence-corrected chi connectivity index (χ0v) is 12.8. The summed E-state index contributed by atoms with van der Waals surface area (Å²) in [6, 6.07) is 6.37. The van der Waals surface area contributed by atoms with E-state index in [1.807, 2.05) is 0 Å². The van der Waals surface area contributed by atoms with Gasteiger partial charge in [-0.05, 0) is 38.4 Å². The third-order valence-electron chi connectivity index (χ3n) is 3.13. The van der Waals surface area contributed by atoms with Crippen LogP contribution >= 0.6 is 0 Å². The van der Waals surface area contributed by atoms with Crippen LogP contribution in [0.15, 0.2) is 18.2 Å². The van der Waals surface area contributed by atoms with Gasteiger partial charge in [0.2, 0.25) is 0 Å². The van der Waals surface area contributed by atoms with Crippen molar-refractivity contribution >= 4 is 0 Å². The summed E-state index contributed by atoms with van der Waals surface area (Å²) in [5, 5.41) is 0. The van der Waals surface area contributed by atoms with E-state index < -0.39 is 0 Å². The van der Waals surface area contributed by atoms with Crippen LogP contribution in [0.25, 0.3) is 0 Å². The van der Waals surface area contributed by atoms with Gasteiger partial charge in [0, 0.05) is 18.7 Å². The van der Waals surface area contributed by atoms with Crippen LogP contribution < -0.4 is 10.5 Å². The molecule has 108 valence electrons. The molecule has 0 radical (unpaired) electrons. The molecule has 0 atom stereocenters. The molecule has 0 unspecified atom stereocenters. The van der Waals surface area contributed by atoms with Crippen molar-refractivity contribution in [2.75, 3.05) is 26.7 Å². The molecule has 0 spiro atoms. The molecule has 0 saturated heterocycles. The Bertz CT molecular complexity index is 377. The molecule has 0 aromatic heterocycles. The lowest BCUT2D eigenvalue weighted by atomic mass is 10.1. The maximum atomic E-state index is 5.63. The maximum absolute atomic E-state index is 5.63. The van der Waals surface area contributed by atoms with E-state index in [1.54, 1.807) is 7.11 Å². The molecule has 0 heterocycles. The van der Waals surface area contributed by atoms with E-state index in [0.29, 0.717) is 5.92 Å². The van der Waals surface area contributed by atoms with Gasteiger partial charge in [0.05, 0.1) is 7.11 Å². The summed E-state index contributed by atoms with van der Waals surface area (Å²) in [6.45, 7) is 10.5. The fraction of sp³-hybridized carbons (Fsp3) is 0.625. The summed E-state index contributed by atoms with van der Waals surface area (Å²) in [4.78, 5) is 2.47. The van der Waals surface area contributed by atoms with E-state index in [9.17, 15) is 0 Å². The molecule has 19 heavy (non-hydrogen) atoms. The molecule has 0 bridgehead atoms. The highest BCUT2D eigenvalue weighted by Crippen LogP contribution is 2.21. The van der Waals surface area contributed by atoms with Crippen molar-refractivity contribution in [2.24, 2.45) is 11.7 Å². The molecule has 3 heteroatoms. The molecule has 1 aromatic carbocycles. The van der Waals surface area contributed by atoms with Gasteiger partial charge in [0.15, 0.2) is 0 Å². The predicted molar refractivity (Wildman–Crippen MR) is 81.5 cm³/mol. The number of aryl methyl sites for hydroxylation is 1. The first-order chi connectivity index (χ1) is 9.06. The number of nitrogens with two attached hydrogens (primary N) is 1. The number of nitrogens with zero attached hydrogens (tertiary/aromatic N) is 1. The van der Waals surface area contributed by atoms with Crippen molar-refractivity contribution in [3.05, 3.63) is 29.3 Å². The lowest BCUT2D eigenvalue weighted by molar-refractivity contribution is 0.231. The summed E-state index contributed by atoms with van der Waals surface area (Å²) in [5.74, 6) is 1.64. The second-order valence-electron chi connectivity index (χ2n) is 5.59. The highest BCUT2D eigenvalue weighted by Gasteiger charge is 2.11. The fourth-order valence-electron chi connectivity index (χ4n) is 2.34. The van der Waals surface area contributed by atoms with Crippen LogP contribution in [0.1, 0.15) is 31.4 Å². The number of methoxy groups -OCH3 is 1. The van der Waals surface area contributed by atoms with Gasteiger partial charge in [-0.2, -0.15) is 0 Å². The Balaban J connectivity index is 2.78. The van der Waals surface area contributed by atoms with E-state index in [1.165, 1.54) is 11.1 Å². The SMILES string of the molecule is COc1ccc(C)cc1CN(CCCN)CC(C)C. The summed E-state index contributed by atoms with van der Waals surface area (Å²) in [6.07, 6.45) is 1.04. The minimum Gasteiger partial charge on any atom is -0.496 e. The Morgan fingerprint density at radius 1 is 1.32 bits per heavy atom. The van der Waals surface area contributed by atoms with Crippen LogP contribution in [0, 0.1) is 12.8 Å². The van der Waals surface area contributed by atoms with Crippen molar-refractivity contribution in [2.45, 2.75) is 33.7 Å². The normalized spacial score (nSPS) is 11.3. The topological polar surface area (TPSA) is 38.5 Å². The molecular formula is C16H28N2O. The Morgan fingerprint density at radius 3 is 2.63 bits per heavy atom. The quantitative estimate of drug-likeness (QED) is 0.784. The van der Waals surface area contributed by atoms with Crippen molar-refractivity contribution in [3.8, 4) is 5.75 Å². The second-order valence-corrected chi connectivity index (χ2v) is 5.59. The largest absolute Gasteiger partial charge is 0.496 e. The van der Waals surface area contributed by atoms with Crippen LogP contribution in [0.5, 0.6) is 5.75 Å². The first kappa shape index (κ1) is 16.0. The van der Waals surface area contributed by atoms with Gasteiger partial charge in [-0.15, -0.1) is 0 Å². The fourth-order valence-corrected chi connectivity index (χ4v) is 2.34. The zero-order chi connectivity index (χ0) is 14.3. The van der Waals surface area contributed by atoms with E-state index in [4.69, 9.17) is 10.5 Å². The van der Waals surface area contributed by atoms with Crippen LogP contribution in [0.3, 0.4) is 0 Å². The second kappa shape index (κ2) is 8.18. The molecule has 0 fully saturated rings. The Labute approximate surface area is 117 Å². The lowest BCUT2D eigenvalue weighted by Gasteiger charge is -2.25. The smallest absolute Gasteiger partial charge is 0.123 e. The van der Waals surface area contributed by atoms with Crippen molar-refractivity contribution in [1.82, 2.24) is 4.90 Å². The average molecular weight is 264 g/mol. The van der Waals surface area contributed by atoms with Gasteiger partial charge >= 0.3 is 0 Å². The van der Waals surface area contributed by atoms with Crippen molar-refractivity contribution in [1.29, 1.82) is 0 Å². The molecule has 2 N–H and O–H groups in total. The first-order valence-electron chi connectivity index (χ1n) is 7.12. The van der Waals surface area contributed by atoms with Crippen molar-refractivity contribution in [3.63, 3.8) is 0 Å². The first-order valence-corrected chi connectivity index (χ1v) is 7.12. The number of benzene rings is 1. The number of hydrogen-bond acceptors (Lipinski definition) is 3. The van der Waals surface area contributed by atoms with Crippen LogP contribution in [0.2, 0.25) is 0 Å². The summed E-state index contributed by atoms with van der Waals surface area (Å²) >= 11 is 0. The molecule has 0 aliphatic heterocycles. The van der Waals surface area contributed by atoms with Crippen LogP contribution in [0.4, 0.5) is 0 Å². The summed E-state index contributed by atoms with van der Waals surface area (Å²) in [7, 11) is 1.74. The molecule has 0 aliphatic carbocycles. The van der Waals surface area contributed by atoms with Crippen LogP contribution in [-0.4, -0.2) is 31.6 Å². The maximum Gasteiger partial charge on any atom is 0.123 e. The predicted octanol–water partition coefficient (Wildman–Crippen LogP) is 2.81. The van der Waals surface area contributed by atoms with E-state index in [-0.39, 0.29) is 0 Å². The minimum atomic E-state index is 0.661. The van der Waals surface area contributed by atoms with Gasteiger partial charge in [-0.25, -0.2) is 0 Å². The summed E-state index contributed by atoms with van der Waals surface area (Å²) in [5.41, 5.74) is 8.17. The molecular weight excluding hydrogens is 236 g/mol. The van der Waals surface area contributed by atoms with E-state index >= 15 is 0 Å². The average Bonchev–Trinajstić information content (AvgIpc) is 2.35. The van der Waals surface area contributed by atoms with E-state index in [2.05, 4.69) is 43.9 Å². The van der Waals surface area contributed by atoms with Crippen LogP contribution in [-0.2, 0) is 6.54 Å². The van der Waals surface area contributed by atoms with Gasteiger partial charge in [-0.3, -0.25) is 4.90 Å².